The zero-order valence-electron chi connectivity index (χ0n) is 12.6. The fourth-order valence-electron chi connectivity index (χ4n) is 1.93. The largest absolute Gasteiger partial charge is 0.379 e. The van der Waals surface area contributed by atoms with Crippen molar-refractivity contribution in [2.24, 2.45) is 0 Å². The van der Waals surface area contributed by atoms with Crippen molar-refractivity contribution in [1.29, 1.82) is 0 Å². The first-order chi connectivity index (χ1) is 8.41. The van der Waals surface area contributed by atoms with E-state index in [1.165, 1.54) is 11.3 Å². The monoisotopic (exact) mass is 253 g/mol. The number of rotatable bonds is 7. The van der Waals surface area contributed by atoms with E-state index >= 15 is 0 Å². The highest BCUT2D eigenvalue weighted by molar-refractivity contribution is 5.24. The molecule has 1 heterocycles. The molecule has 0 aromatic carbocycles. The van der Waals surface area contributed by atoms with Crippen molar-refractivity contribution in [2.75, 3.05) is 13.7 Å². The summed E-state index contributed by atoms with van der Waals surface area (Å²) < 4.78 is 7.55. The van der Waals surface area contributed by atoms with Crippen molar-refractivity contribution in [2.45, 2.75) is 59.7 Å². The summed E-state index contributed by atoms with van der Waals surface area (Å²) in [6.45, 7) is 13.4. The topological polar surface area (TPSA) is 39.1 Å². The number of hydrogen-bond acceptors (Lipinski definition) is 3. The number of hydrogen-bond donors (Lipinski definition) is 1. The van der Waals surface area contributed by atoms with Crippen LogP contribution >= 0.6 is 0 Å². The Hall–Kier alpha value is -0.870. The van der Waals surface area contributed by atoms with Crippen LogP contribution in [0.3, 0.4) is 0 Å². The quantitative estimate of drug-likeness (QED) is 0.811. The second kappa shape index (κ2) is 6.34. The van der Waals surface area contributed by atoms with E-state index in [0.717, 1.165) is 31.7 Å². The second-order valence-corrected chi connectivity index (χ2v) is 5.37. The Bertz CT molecular complexity index is 383. The van der Waals surface area contributed by atoms with Crippen molar-refractivity contribution >= 4 is 0 Å². The number of methoxy groups -OCH3 is 1. The summed E-state index contributed by atoms with van der Waals surface area (Å²) in [7, 11) is 1.76. The number of nitrogens with one attached hydrogen (secondary N) is 1. The van der Waals surface area contributed by atoms with Crippen molar-refractivity contribution in [1.82, 2.24) is 15.1 Å². The lowest BCUT2D eigenvalue weighted by atomic mass is 10.1. The van der Waals surface area contributed by atoms with Crippen LogP contribution in [0.15, 0.2) is 0 Å². The predicted octanol–water partition coefficient (Wildman–Crippen LogP) is 2.42. The summed E-state index contributed by atoms with van der Waals surface area (Å²) in [5.74, 6) is 0. The van der Waals surface area contributed by atoms with Gasteiger partial charge < -0.3 is 10.1 Å². The molecule has 0 aliphatic rings. The Balaban J connectivity index is 2.73. The van der Waals surface area contributed by atoms with Gasteiger partial charge in [0.1, 0.15) is 0 Å². The summed E-state index contributed by atoms with van der Waals surface area (Å²) >= 11 is 0. The second-order valence-electron chi connectivity index (χ2n) is 5.37. The molecule has 1 N–H and O–H groups in total. The molecule has 104 valence electrons. The molecule has 0 spiro atoms. The zero-order valence-corrected chi connectivity index (χ0v) is 12.6. The van der Waals surface area contributed by atoms with Crippen LogP contribution in [0.25, 0.3) is 0 Å². The molecule has 18 heavy (non-hydrogen) atoms. The highest BCUT2D eigenvalue weighted by atomic mass is 16.5. The number of aryl methyl sites for hydroxylation is 2. The van der Waals surface area contributed by atoms with Crippen LogP contribution in [0, 0.1) is 13.8 Å². The molecule has 1 aromatic heterocycles. The lowest BCUT2D eigenvalue weighted by Crippen LogP contribution is -2.25. The van der Waals surface area contributed by atoms with Crippen molar-refractivity contribution in [3.8, 4) is 0 Å². The molecule has 0 radical (unpaired) electrons. The fraction of sp³-hybridized carbons (Fsp3) is 0.786. The number of ether oxygens (including phenoxy) is 1. The summed E-state index contributed by atoms with van der Waals surface area (Å²) in [5, 5.41) is 7.99. The molecule has 0 saturated carbocycles. The maximum atomic E-state index is 5.45. The lowest BCUT2D eigenvalue weighted by Gasteiger charge is -2.22. The lowest BCUT2D eigenvalue weighted by molar-refractivity contribution is 0.0112. The van der Waals surface area contributed by atoms with Gasteiger partial charge in [0, 0.05) is 31.5 Å². The van der Waals surface area contributed by atoms with Crippen LogP contribution < -0.4 is 5.32 Å². The predicted molar refractivity (Wildman–Crippen MR) is 74.8 cm³/mol. The standard InChI is InChI=1S/C14H27N3O/c1-7-15-10-13-11(2)16-17(12(13)3)9-8-14(4,5)18-6/h15H,7-10H2,1-6H3. The Morgan fingerprint density at radius 1 is 1.33 bits per heavy atom. The number of nitrogens with zero attached hydrogens (tertiary/aromatic N) is 2. The van der Waals surface area contributed by atoms with E-state index < -0.39 is 0 Å². The van der Waals surface area contributed by atoms with Gasteiger partial charge in [-0.1, -0.05) is 6.92 Å². The third-order valence-electron chi connectivity index (χ3n) is 3.56. The van der Waals surface area contributed by atoms with Crippen LogP contribution in [0.5, 0.6) is 0 Å². The van der Waals surface area contributed by atoms with Gasteiger partial charge in [0.25, 0.3) is 0 Å². The minimum atomic E-state index is -0.0892. The summed E-state index contributed by atoms with van der Waals surface area (Å²) in [6.07, 6.45) is 0.964. The Morgan fingerprint density at radius 3 is 2.56 bits per heavy atom. The minimum Gasteiger partial charge on any atom is -0.379 e. The molecule has 0 aliphatic heterocycles. The molecule has 0 unspecified atom stereocenters. The van der Waals surface area contributed by atoms with Crippen molar-refractivity contribution in [3.63, 3.8) is 0 Å². The third-order valence-corrected chi connectivity index (χ3v) is 3.56. The van der Waals surface area contributed by atoms with E-state index in [9.17, 15) is 0 Å². The van der Waals surface area contributed by atoms with E-state index in [1.807, 2.05) is 0 Å². The van der Waals surface area contributed by atoms with E-state index in [2.05, 4.69) is 49.7 Å². The van der Waals surface area contributed by atoms with Gasteiger partial charge in [-0.2, -0.15) is 5.10 Å². The highest BCUT2D eigenvalue weighted by Gasteiger charge is 2.18. The molecular weight excluding hydrogens is 226 g/mol. The Labute approximate surface area is 111 Å². The first-order valence-corrected chi connectivity index (χ1v) is 6.70. The fourth-order valence-corrected chi connectivity index (χ4v) is 1.93. The average Bonchev–Trinajstić information content (AvgIpc) is 2.60. The molecule has 0 amide bonds. The SMILES string of the molecule is CCNCc1c(C)nn(CCC(C)(C)OC)c1C. The van der Waals surface area contributed by atoms with E-state index in [-0.39, 0.29) is 5.60 Å². The van der Waals surface area contributed by atoms with Gasteiger partial charge in [-0.15, -0.1) is 0 Å². The van der Waals surface area contributed by atoms with E-state index in [4.69, 9.17) is 4.74 Å². The normalized spacial score (nSPS) is 12.1. The van der Waals surface area contributed by atoms with Crippen molar-refractivity contribution in [3.05, 3.63) is 17.0 Å². The van der Waals surface area contributed by atoms with Gasteiger partial charge in [0.05, 0.1) is 11.3 Å². The van der Waals surface area contributed by atoms with Gasteiger partial charge in [-0.3, -0.25) is 4.68 Å². The van der Waals surface area contributed by atoms with Gasteiger partial charge in [-0.05, 0) is 40.7 Å². The molecular formula is C14H27N3O. The van der Waals surface area contributed by atoms with E-state index in [0.29, 0.717) is 0 Å². The van der Waals surface area contributed by atoms with Crippen LogP contribution in [-0.4, -0.2) is 29.0 Å². The molecule has 0 aliphatic carbocycles. The molecule has 0 saturated heterocycles. The Kier molecular flexibility index (Phi) is 5.35. The first-order valence-electron chi connectivity index (χ1n) is 6.70. The molecule has 0 bridgehead atoms. The molecule has 0 fully saturated rings. The number of aromatic nitrogens is 2. The molecule has 0 atom stereocenters. The average molecular weight is 253 g/mol. The molecule has 4 nitrogen and oxygen atoms in total. The summed E-state index contributed by atoms with van der Waals surface area (Å²) in [5.41, 5.74) is 3.63. The van der Waals surface area contributed by atoms with Crippen LogP contribution in [0.2, 0.25) is 0 Å². The Morgan fingerprint density at radius 2 is 2.00 bits per heavy atom. The maximum absolute atomic E-state index is 5.45. The van der Waals surface area contributed by atoms with Gasteiger partial charge in [0.2, 0.25) is 0 Å². The maximum Gasteiger partial charge on any atom is 0.0641 e. The van der Waals surface area contributed by atoms with Gasteiger partial charge in [0.15, 0.2) is 0 Å². The van der Waals surface area contributed by atoms with Gasteiger partial charge in [-0.25, -0.2) is 0 Å². The first kappa shape index (κ1) is 15.2. The molecule has 1 aromatic rings. The van der Waals surface area contributed by atoms with Crippen LogP contribution in [0.1, 0.15) is 44.1 Å². The molecule has 1 rings (SSSR count). The zero-order chi connectivity index (χ0) is 13.8. The van der Waals surface area contributed by atoms with E-state index in [1.54, 1.807) is 7.11 Å². The van der Waals surface area contributed by atoms with Crippen LogP contribution in [0.4, 0.5) is 0 Å². The summed E-state index contributed by atoms with van der Waals surface area (Å²) in [4.78, 5) is 0. The minimum absolute atomic E-state index is 0.0892. The third kappa shape index (κ3) is 3.82. The molecule has 4 heteroatoms. The van der Waals surface area contributed by atoms with Crippen molar-refractivity contribution < 1.29 is 4.74 Å². The smallest absolute Gasteiger partial charge is 0.0641 e. The summed E-state index contributed by atoms with van der Waals surface area (Å²) in [6, 6.07) is 0. The van der Waals surface area contributed by atoms with Crippen LogP contribution in [-0.2, 0) is 17.8 Å². The highest BCUT2D eigenvalue weighted by Crippen LogP contribution is 2.17. The van der Waals surface area contributed by atoms with Gasteiger partial charge >= 0.3 is 0 Å².